The first-order valence-corrected chi connectivity index (χ1v) is 9.11. The molecule has 1 aliphatic heterocycles. The van der Waals surface area contributed by atoms with Crippen molar-refractivity contribution in [2.24, 2.45) is 0 Å². The van der Waals surface area contributed by atoms with Gasteiger partial charge in [-0.1, -0.05) is 18.2 Å². The predicted octanol–water partition coefficient (Wildman–Crippen LogP) is 4.31. The Hall–Kier alpha value is -2.69. The van der Waals surface area contributed by atoms with Gasteiger partial charge in [-0.2, -0.15) is 0 Å². The summed E-state index contributed by atoms with van der Waals surface area (Å²) in [4.78, 5) is 12.3. The quantitative estimate of drug-likeness (QED) is 0.870. The van der Waals surface area contributed by atoms with E-state index in [9.17, 15) is 4.79 Å². The standard InChI is InChI=1S/C21H23NO4/c1-24-17-7-3-2-6-15(17)8-11-20(23)22-16-9-10-18-19(14-16)26-21(25-18)12-4-5-13-21/h2-3,6-7,9-10,14H,4-5,8,11-13H2,1H3,(H,22,23). The number of hydrogen-bond donors (Lipinski definition) is 1. The van der Waals surface area contributed by atoms with E-state index >= 15 is 0 Å². The van der Waals surface area contributed by atoms with Crippen LogP contribution in [0.1, 0.15) is 37.7 Å². The predicted molar refractivity (Wildman–Crippen MR) is 98.8 cm³/mol. The molecule has 0 unspecified atom stereocenters. The molecule has 1 aliphatic carbocycles. The van der Waals surface area contributed by atoms with Crippen molar-refractivity contribution in [2.75, 3.05) is 12.4 Å². The average Bonchev–Trinajstić information content (AvgIpc) is 3.25. The largest absolute Gasteiger partial charge is 0.496 e. The highest BCUT2D eigenvalue weighted by Gasteiger charge is 2.44. The molecule has 1 amide bonds. The summed E-state index contributed by atoms with van der Waals surface area (Å²) in [5, 5.41) is 2.94. The molecular formula is C21H23NO4. The van der Waals surface area contributed by atoms with Crippen molar-refractivity contribution >= 4 is 11.6 Å². The van der Waals surface area contributed by atoms with Crippen LogP contribution in [0.15, 0.2) is 42.5 Å². The van der Waals surface area contributed by atoms with E-state index in [1.54, 1.807) is 7.11 Å². The fourth-order valence-electron chi connectivity index (χ4n) is 3.67. The number of rotatable bonds is 5. The molecule has 2 aromatic rings. The Bertz CT molecular complexity index is 811. The summed E-state index contributed by atoms with van der Waals surface area (Å²) in [6, 6.07) is 13.3. The summed E-state index contributed by atoms with van der Waals surface area (Å²) >= 11 is 0. The molecule has 0 atom stereocenters. The summed E-state index contributed by atoms with van der Waals surface area (Å²) in [7, 11) is 1.64. The van der Waals surface area contributed by atoms with Gasteiger partial charge >= 0.3 is 0 Å². The topological polar surface area (TPSA) is 56.8 Å². The minimum atomic E-state index is -0.477. The molecular weight excluding hydrogens is 330 g/mol. The minimum absolute atomic E-state index is 0.0367. The third-order valence-corrected chi connectivity index (χ3v) is 5.00. The van der Waals surface area contributed by atoms with Gasteiger partial charge in [0, 0.05) is 31.0 Å². The molecule has 1 N–H and O–H groups in total. The van der Waals surface area contributed by atoms with E-state index in [1.165, 1.54) is 0 Å². The second-order valence-electron chi connectivity index (χ2n) is 6.84. The van der Waals surface area contributed by atoms with Crippen LogP contribution in [0, 0.1) is 0 Å². The van der Waals surface area contributed by atoms with Gasteiger partial charge in [-0.25, -0.2) is 0 Å². The molecule has 26 heavy (non-hydrogen) atoms. The van der Waals surface area contributed by atoms with Crippen LogP contribution < -0.4 is 19.5 Å². The van der Waals surface area contributed by atoms with Crippen molar-refractivity contribution in [3.63, 3.8) is 0 Å². The Morgan fingerprint density at radius 2 is 1.88 bits per heavy atom. The van der Waals surface area contributed by atoms with Gasteiger partial charge in [-0.05, 0) is 43.0 Å². The highest BCUT2D eigenvalue weighted by Crippen LogP contribution is 2.47. The maximum Gasteiger partial charge on any atom is 0.251 e. The summed E-state index contributed by atoms with van der Waals surface area (Å²) in [6.45, 7) is 0. The van der Waals surface area contributed by atoms with Crippen LogP contribution in [0.2, 0.25) is 0 Å². The average molecular weight is 353 g/mol. The maximum absolute atomic E-state index is 12.3. The smallest absolute Gasteiger partial charge is 0.251 e. The number of hydrogen-bond acceptors (Lipinski definition) is 4. The minimum Gasteiger partial charge on any atom is -0.496 e. The maximum atomic E-state index is 12.3. The van der Waals surface area contributed by atoms with Gasteiger partial charge in [0.15, 0.2) is 11.5 Å². The normalized spacial score (nSPS) is 16.7. The number of benzene rings is 2. The van der Waals surface area contributed by atoms with Crippen molar-refractivity contribution in [1.29, 1.82) is 0 Å². The Labute approximate surface area is 153 Å². The van der Waals surface area contributed by atoms with Crippen LogP contribution in [-0.2, 0) is 11.2 Å². The van der Waals surface area contributed by atoms with Gasteiger partial charge in [0.25, 0.3) is 5.79 Å². The number of fused-ring (bicyclic) bond motifs is 1. The van der Waals surface area contributed by atoms with Gasteiger partial charge in [-0.3, -0.25) is 4.79 Å². The first-order valence-electron chi connectivity index (χ1n) is 9.11. The Balaban J connectivity index is 1.37. The zero-order valence-corrected chi connectivity index (χ0v) is 14.9. The molecule has 0 bridgehead atoms. The Kier molecular flexibility index (Phi) is 4.45. The van der Waals surface area contributed by atoms with Gasteiger partial charge < -0.3 is 19.5 Å². The number of anilines is 1. The van der Waals surface area contributed by atoms with E-state index in [2.05, 4.69) is 5.32 Å². The molecule has 2 aliphatic rings. The van der Waals surface area contributed by atoms with E-state index in [4.69, 9.17) is 14.2 Å². The first kappa shape index (κ1) is 16.8. The van der Waals surface area contributed by atoms with E-state index in [0.29, 0.717) is 12.8 Å². The second-order valence-corrected chi connectivity index (χ2v) is 6.84. The van der Waals surface area contributed by atoms with E-state index < -0.39 is 5.79 Å². The van der Waals surface area contributed by atoms with Crippen LogP contribution in [0.5, 0.6) is 17.2 Å². The molecule has 1 spiro atoms. The number of para-hydroxylation sites is 1. The van der Waals surface area contributed by atoms with Crippen LogP contribution in [0.4, 0.5) is 5.69 Å². The molecule has 1 fully saturated rings. The third kappa shape index (κ3) is 3.34. The van der Waals surface area contributed by atoms with Crippen LogP contribution in [-0.4, -0.2) is 18.8 Å². The van der Waals surface area contributed by atoms with Crippen LogP contribution in [0.25, 0.3) is 0 Å². The zero-order valence-electron chi connectivity index (χ0n) is 14.9. The number of ether oxygens (including phenoxy) is 3. The highest BCUT2D eigenvalue weighted by molar-refractivity contribution is 5.91. The molecule has 0 aromatic heterocycles. The van der Waals surface area contributed by atoms with Crippen molar-refractivity contribution in [1.82, 2.24) is 0 Å². The van der Waals surface area contributed by atoms with Gasteiger partial charge in [-0.15, -0.1) is 0 Å². The van der Waals surface area contributed by atoms with E-state index in [0.717, 1.165) is 54.2 Å². The molecule has 0 radical (unpaired) electrons. The lowest BCUT2D eigenvalue weighted by Crippen LogP contribution is -2.34. The molecule has 136 valence electrons. The number of nitrogens with one attached hydrogen (secondary N) is 1. The van der Waals surface area contributed by atoms with Gasteiger partial charge in [0.2, 0.25) is 5.91 Å². The van der Waals surface area contributed by atoms with Crippen molar-refractivity contribution in [3.05, 3.63) is 48.0 Å². The molecule has 1 heterocycles. The summed E-state index contributed by atoms with van der Waals surface area (Å²) in [5.74, 6) is 1.78. The first-order chi connectivity index (χ1) is 12.7. The third-order valence-electron chi connectivity index (χ3n) is 5.00. The molecule has 2 aromatic carbocycles. The van der Waals surface area contributed by atoms with E-state index in [-0.39, 0.29) is 5.91 Å². The van der Waals surface area contributed by atoms with Gasteiger partial charge in [0.05, 0.1) is 7.11 Å². The fraction of sp³-hybridized carbons (Fsp3) is 0.381. The molecule has 5 heteroatoms. The lowest BCUT2D eigenvalue weighted by atomic mass is 10.1. The van der Waals surface area contributed by atoms with Crippen molar-refractivity contribution in [2.45, 2.75) is 44.3 Å². The summed E-state index contributed by atoms with van der Waals surface area (Å²) < 4.78 is 17.4. The highest BCUT2D eigenvalue weighted by atomic mass is 16.7. The van der Waals surface area contributed by atoms with Gasteiger partial charge in [0.1, 0.15) is 5.75 Å². The van der Waals surface area contributed by atoms with Crippen LogP contribution >= 0.6 is 0 Å². The Morgan fingerprint density at radius 3 is 2.69 bits per heavy atom. The molecule has 4 rings (SSSR count). The number of carbonyl (C=O) groups excluding carboxylic acids is 1. The van der Waals surface area contributed by atoms with Crippen molar-refractivity contribution in [3.8, 4) is 17.2 Å². The monoisotopic (exact) mass is 353 g/mol. The zero-order chi connectivity index (χ0) is 18.0. The number of methoxy groups -OCH3 is 1. The number of aryl methyl sites for hydroxylation is 1. The molecule has 1 saturated carbocycles. The number of carbonyl (C=O) groups is 1. The molecule has 0 saturated heterocycles. The Morgan fingerprint density at radius 1 is 1.12 bits per heavy atom. The lowest BCUT2D eigenvalue weighted by Gasteiger charge is -2.21. The van der Waals surface area contributed by atoms with Crippen molar-refractivity contribution < 1.29 is 19.0 Å². The SMILES string of the molecule is COc1ccccc1CCC(=O)Nc1ccc2c(c1)OC1(CCCC1)O2. The second kappa shape index (κ2) is 6.90. The van der Waals surface area contributed by atoms with E-state index in [1.807, 2.05) is 42.5 Å². The number of amides is 1. The molecule has 5 nitrogen and oxygen atoms in total. The summed E-state index contributed by atoms with van der Waals surface area (Å²) in [6.07, 6.45) is 5.11. The fourth-order valence-corrected chi connectivity index (χ4v) is 3.67. The van der Waals surface area contributed by atoms with Crippen LogP contribution in [0.3, 0.4) is 0 Å². The lowest BCUT2D eigenvalue weighted by molar-refractivity contribution is -0.116. The summed E-state index contributed by atoms with van der Waals surface area (Å²) in [5.41, 5.74) is 1.76.